The monoisotopic (exact) mass is 222 g/mol. The fourth-order valence-corrected chi connectivity index (χ4v) is 2.52. The minimum atomic E-state index is 0.132. The Balaban J connectivity index is 2.41. The molecule has 0 aromatic heterocycles. The zero-order chi connectivity index (χ0) is 11.8. The summed E-state index contributed by atoms with van der Waals surface area (Å²) in [4.78, 5) is 27.8. The van der Waals surface area contributed by atoms with Crippen LogP contribution in [0.4, 0.5) is 0 Å². The Bertz CT molecular complexity index is 296. The molecule has 1 saturated carbocycles. The molecule has 0 N–H and O–H groups in total. The lowest BCUT2D eigenvalue weighted by atomic mass is 9.78. The van der Waals surface area contributed by atoms with Gasteiger partial charge in [-0.2, -0.15) is 0 Å². The number of hydrogen-bond donors (Lipinski definition) is 0. The molecule has 1 rings (SSSR count). The van der Waals surface area contributed by atoms with Gasteiger partial charge in [-0.15, -0.1) is 0 Å². The standard InChI is InChI=1S/C12H18N2O2/c1-2-12(14-9-16)11-5-3-10(4-6-11)7-13-8-15/h10-12H,2-7H2,1H3. The Kier molecular flexibility index (Phi) is 5.69. The van der Waals surface area contributed by atoms with Crippen molar-refractivity contribution in [2.45, 2.75) is 45.1 Å². The van der Waals surface area contributed by atoms with Gasteiger partial charge >= 0.3 is 0 Å². The molecule has 0 aromatic carbocycles. The normalized spacial score (nSPS) is 26.3. The molecule has 1 aliphatic rings. The minimum Gasteiger partial charge on any atom is -0.211 e. The molecule has 88 valence electrons. The minimum absolute atomic E-state index is 0.132. The molecule has 4 nitrogen and oxygen atoms in total. The highest BCUT2D eigenvalue weighted by molar-refractivity contribution is 5.33. The van der Waals surface area contributed by atoms with Crippen LogP contribution in [0.15, 0.2) is 9.98 Å². The Morgan fingerprint density at radius 2 is 1.88 bits per heavy atom. The number of rotatable bonds is 5. The third kappa shape index (κ3) is 3.73. The summed E-state index contributed by atoms with van der Waals surface area (Å²) in [5, 5.41) is 0. The van der Waals surface area contributed by atoms with Gasteiger partial charge in [0.25, 0.3) is 0 Å². The maximum absolute atomic E-state index is 10.3. The first-order valence-corrected chi connectivity index (χ1v) is 5.92. The number of aliphatic imine (C=N–C) groups is 2. The molecule has 0 bridgehead atoms. The molecule has 4 heteroatoms. The first-order valence-electron chi connectivity index (χ1n) is 5.92. The second-order valence-electron chi connectivity index (χ2n) is 4.41. The van der Waals surface area contributed by atoms with Crippen LogP contribution in [-0.2, 0) is 9.59 Å². The van der Waals surface area contributed by atoms with E-state index < -0.39 is 0 Å². The van der Waals surface area contributed by atoms with Crippen LogP contribution in [-0.4, -0.2) is 24.7 Å². The van der Waals surface area contributed by atoms with E-state index in [0.29, 0.717) is 18.4 Å². The van der Waals surface area contributed by atoms with E-state index in [1.54, 1.807) is 12.2 Å². The van der Waals surface area contributed by atoms with Gasteiger partial charge in [0, 0.05) is 0 Å². The maximum Gasteiger partial charge on any atom is 0.235 e. The van der Waals surface area contributed by atoms with Crippen molar-refractivity contribution in [3.63, 3.8) is 0 Å². The van der Waals surface area contributed by atoms with E-state index >= 15 is 0 Å². The number of hydrogen-bond acceptors (Lipinski definition) is 4. The molecule has 16 heavy (non-hydrogen) atoms. The molecule has 0 amide bonds. The fraction of sp³-hybridized carbons (Fsp3) is 0.833. The van der Waals surface area contributed by atoms with Gasteiger partial charge in [0.2, 0.25) is 12.2 Å². The van der Waals surface area contributed by atoms with Gasteiger partial charge in [-0.25, -0.2) is 19.6 Å². The smallest absolute Gasteiger partial charge is 0.211 e. The van der Waals surface area contributed by atoms with Crippen molar-refractivity contribution in [2.75, 3.05) is 6.54 Å². The van der Waals surface area contributed by atoms with Crippen molar-refractivity contribution < 1.29 is 9.59 Å². The second kappa shape index (κ2) is 7.10. The number of nitrogens with zero attached hydrogens (tertiary/aromatic N) is 2. The van der Waals surface area contributed by atoms with Crippen LogP contribution in [0, 0.1) is 11.8 Å². The summed E-state index contributed by atoms with van der Waals surface area (Å²) >= 11 is 0. The zero-order valence-electron chi connectivity index (χ0n) is 9.69. The molecule has 1 aliphatic carbocycles. The third-order valence-corrected chi connectivity index (χ3v) is 3.49. The summed E-state index contributed by atoms with van der Waals surface area (Å²) in [6.45, 7) is 2.65. The highest BCUT2D eigenvalue weighted by atomic mass is 16.1. The van der Waals surface area contributed by atoms with Gasteiger partial charge < -0.3 is 0 Å². The van der Waals surface area contributed by atoms with Crippen molar-refractivity contribution in [2.24, 2.45) is 21.8 Å². The lowest BCUT2D eigenvalue weighted by Gasteiger charge is -2.30. The molecule has 1 unspecified atom stereocenters. The van der Waals surface area contributed by atoms with Gasteiger partial charge in [0.05, 0.1) is 12.6 Å². The Labute approximate surface area is 95.9 Å². The molecular formula is C12H18N2O2. The summed E-state index contributed by atoms with van der Waals surface area (Å²) in [5.41, 5.74) is 0. The molecule has 0 radical (unpaired) electrons. The fourth-order valence-electron chi connectivity index (χ4n) is 2.52. The summed E-state index contributed by atoms with van der Waals surface area (Å²) in [5.74, 6) is 1.01. The van der Waals surface area contributed by atoms with Gasteiger partial charge in [0.15, 0.2) is 0 Å². The topological polar surface area (TPSA) is 58.9 Å². The van der Waals surface area contributed by atoms with Gasteiger partial charge in [-0.05, 0) is 43.9 Å². The molecule has 1 fully saturated rings. The average Bonchev–Trinajstić information content (AvgIpc) is 2.34. The van der Waals surface area contributed by atoms with Crippen LogP contribution < -0.4 is 0 Å². The van der Waals surface area contributed by atoms with Crippen LogP contribution in [0.3, 0.4) is 0 Å². The number of isocyanates is 2. The summed E-state index contributed by atoms with van der Waals surface area (Å²) in [6, 6.07) is 0.132. The van der Waals surface area contributed by atoms with Gasteiger partial charge in [-0.3, -0.25) is 0 Å². The summed E-state index contributed by atoms with van der Waals surface area (Å²) < 4.78 is 0. The van der Waals surface area contributed by atoms with Crippen molar-refractivity contribution in [3.05, 3.63) is 0 Å². The van der Waals surface area contributed by atoms with E-state index in [1.165, 1.54) is 0 Å². The maximum atomic E-state index is 10.3. The van der Waals surface area contributed by atoms with E-state index in [4.69, 9.17) is 0 Å². The van der Waals surface area contributed by atoms with E-state index in [2.05, 4.69) is 9.98 Å². The molecule has 0 aliphatic heterocycles. The summed E-state index contributed by atoms with van der Waals surface area (Å²) in [6.07, 6.45) is 8.44. The lowest BCUT2D eigenvalue weighted by Crippen LogP contribution is -2.25. The van der Waals surface area contributed by atoms with Crippen molar-refractivity contribution in [1.29, 1.82) is 0 Å². The summed E-state index contributed by atoms with van der Waals surface area (Å²) in [7, 11) is 0. The first kappa shape index (κ1) is 12.8. The predicted octanol–water partition coefficient (Wildman–Crippen LogP) is 2.24. The van der Waals surface area contributed by atoms with Gasteiger partial charge in [-0.1, -0.05) is 6.92 Å². The molecular weight excluding hydrogens is 204 g/mol. The molecule has 0 aromatic rings. The zero-order valence-corrected chi connectivity index (χ0v) is 9.69. The van der Waals surface area contributed by atoms with E-state index in [9.17, 15) is 9.59 Å². The Morgan fingerprint density at radius 3 is 2.38 bits per heavy atom. The quantitative estimate of drug-likeness (QED) is 0.529. The molecule has 0 heterocycles. The lowest BCUT2D eigenvalue weighted by molar-refractivity contribution is 0.245. The van der Waals surface area contributed by atoms with Crippen LogP contribution >= 0.6 is 0 Å². The SMILES string of the molecule is CCC(N=C=O)C1CCC(CN=C=O)CC1. The van der Waals surface area contributed by atoms with Crippen LogP contribution in [0.1, 0.15) is 39.0 Å². The van der Waals surface area contributed by atoms with Crippen molar-refractivity contribution in [1.82, 2.24) is 0 Å². The number of carbonyl (C=O) groups excluding carboxylic acids is 2. The van der Waals surface area contributed by atoms with Crippen molar-refractivity contribution in [3.8, 4) is 0 Å². The van der Waals surface area contributed by atoms with E-state index in [-0.39, 0.29) is 6.04 Å². The predicted molar refractivity (Wildman–Crippen MR) is 60.6 cm³/mol. The second-order valence-corrected chi connectivity index (χ2v) is 4.41. The molecule has 1 atom stereocenters. The highest BCUT2D eigenvalue weighted by Crippen LogP contribution is 2.32. The molecule has 0 spiro atoms. The van der Waals surface area contributed by atoms with E-state index in [0.717, 1.165) is 32.1 Å². The Morgan fingerprint density at radius 1 is 1.19 bits per heavy atom. The Hall–Kier alpha value is -1.24. The molecule has 0 saturated heterocycles. The largest absolute Gasteiger partial charge is 0.235 e. The highest BCUT2D eigenvalue weighted by Gasteiger charge is 2.26. The third-order valence-electron chi connectivity index (χ3n) is 3.49. The average molecular weight is 222 g/mol. The van der Waals surface area contributed by atoms with Crippen LogP contribution in [0.2, 0.25) is 0 Å². The van der Waals surface area contributed by atoms with Gasteiger partial charge in [0.1, 0.15) is 0 Å². The van der Waals surface area contributed by atoms with Crippen LogP contribution in [0.25, 0.3) is 0 Å². The van der Waals surface area contributed by atoms with Crippen LogP contribution in [0.5, 0.6) is 0 Å². The first-order chi connectivity index (χ1) is 7.81. The van der Waals surface area contributed by atoms with E-state index in [1.807, 2.05) is 6.92 Å². The van der Waals surface area contributed by atoms with Crippen molar-refractivity contribution >= 4 is 12.2 Å².